The van der Waals surface area contributed by atoms with Gasteiger partial charge in [0.2, 0.25) is 5.89 Å². The minimum atomic E-state index is -0.208. The third kappa shape index (κ3) is 4.37. The van der Waals surface area contributed by atoms with Gasteiger partial charge in [-0.15, -0.1) is 0 Å². The number of rotatable bonds is 5. The average Bonchev–Trinajstić information content (AvgIpc) is 3.21. The normalized spacial score (nSPS) is 15.4. The highest BCUT2D eigenvalue weighted by Crippen LogP contribution is 2.19. The van der Waals surface area contributed by atoms with Gasteiger partial charge in [-0.1, -0.05) is 30.3 Å². The molecule has 0 unspecified atom stereocenters. The van der Waals surface area contributed by atoms with Crippen LogP contribution >= 0.6 is 0 Å². The lowest BCUT2D eigenvalue weighted by atomic mass is 10.0. The number of anilines is 1. The van der Waals surface area contributed by atoms with Crippen LogP contribution in [0.25, 0.3) is 11.5 Å². The summed E-state index contributed by atoms with van der Waals surface area (Å²) in [4.78, 5) is 23.2. The number of benzene rings is 1. The topological polar surface area (TPSA) is 97.3 Å². The van der Waals surface area contributed by atoms with Gasteiger partial charge in [-0.3, -0.25) is 9.69 Å². The van der Waals surface area contributed by atoms with Crippen molar-refractivity contribution < 1.29 is 9.21 Å². The van der Waals surface area contributed by atoms with Gasteiger partial charge in [-0.05, 0) is 30.5 Å². The predicted octanol–water partition coefficient (Wildman–Crippen LogP) is 2.71. The smallest absolute Gasteiger partial charge is 0.273 e. The summed E-state index contributed by atoms with van der Waals surface area (Å²) in [5.41, 5.74) is 7.86. The zero-order valence-electron chi connectivity index (χ0n) is 15.5. The molecule has 1 aliphatic rings. The summed E-state index contributed by atoms with van der Waals surface area (Å²) >= 11 is 0. The Morgan fingerprint density at radius 2 is 1.96 bits per heavy atom. The average molecular weight is 377 g/mol. The number of hydrogen-bond acceptors (Lipinski definition) is 6. The quantitative estimate of drug-likeness (QED) is 0.710. The second-order valence-electron chi connectivity index (χ2n) is 7.02. The largest absolute Gasteiger partial charge is 0.444 e. The Bertz CT molecular complexity index is 915. The standard InChI is InChI=1S/C21H23N5O2/c22-19-7-6-16(12-23-19)21-25-18(14-28-21)20(27)24-17-8-10-26(11-9-17)13-15-4-2-1-3-5-15/h1-7,12,14,17H,8-11,13H2,(H2,22,23)(H,24,27). The van der Waals surface area contributed by atoms with Crippen molar-refractivity contribution in [2.75, 3.05) is 18.8 Å². The zero-order valence-corrected chi connectivity index (χ0v) is 15.5. The van der Waals surface area contributed by atoms with E-state index in [9.17, 15) is 4.79 Å². The van der Waals surface area contributed by atoms with Gasteiger partial charge in [0.15, 0.2) is 5.69 Å². The van der Waals surface area contributed by atoms with E-state index in [2.05, 4.69) is 44.5 Å². The van der Waals surface area contributed by atoms with Gasteiger partial charge >= 0.3 is 0 Å². The van der Waals surface area contributed by atoms with E-state index in [0.29, 0.717) is 17.3 Å². The van der Waals surface area contributed by atoms with Crippen LogP contribution in [0.2, 0.25) is 0 Å². The number of hydrogen-bond donors (Lipinski definition) is 2. The van der Waals surface area contributed by atoms with Crippen LogP contribution in [0.15, 0.2) is 59.3 Å². The molecule has 1 aromatic carbocycles. The first-order valence-corrected chi connectivity index (χ1v) is 9.42. The fourth-order valence-corrected chi connectivity index (χ4v) is 3.38. The number of nitrogens with zero attached hydrogens (tertiary/aromatic N) is 3. The lowest BCUT2D eigenvalue weighted by Gasteiger charge is -2.32. The molecule has 3 aromatic rings. The van der Waals surface area contributed by atoms with Crippen molar-refractivity contribution in [1.29, 1.82) is 0 Å². The van der Waals surface area contributed by atoms with Crippen LogP contribution in [0.3, 0.4) is 0 Å². The molecule has 28 heavy (non-hydrogen) atoms. The third-order valence-corrected chi connectivity index (χ3v) is 4.94. The van der Waals surface area contributed by atoms with E-state index in [1.807, 2.05) is 6.07 Å². The van der Waals surface area contributed by atoms with Crippen LogP contribution in [0.5, 0.6) is 0 Å². The molecule has 0 saturated carbocycles. The second kappa shape index (κ2) is 8.22. The lowest BCUT2D eigenvalue weighted by molar-refractivity contribution is 0.0904. The second-order valence-corrected chi connectivity index (χ2v) is 7.02. The number of carbonyl (C=O) groups is 1. The van der Waals surface area contributed by atoms with Crippen LogP contribution < -0.4 is 11.1 Å². The lowest BCUT2D eigenvalue weighted by Crippen LogP contribution is -2.44. The van der Waals surface area contributed by atoms with Crippen molar-refractivity contribution in [2.24, 2.45) is 0 Å². The Balaban J connectivity index is 1.29. The van der Waals surface area contributed by atoms with Crippen LogP contribution in [0.4, 0.5) is 5.82 Å². The predicted molar refractivity (Wildman–Crippen MR) is 106 cm³/mol. The van der Waals surface area contributed by atoms with E-state index in [1.165, 1.54) is 11.8 Å². The number of piperidine rings is 1. The maximum absolute atomic E-state index is 12.5. The fourth-order valence-electron chi connectivity index (χ4n) is 3.38. The number of carbonyl (C=O) groups excluding carboxylic acids is 1. The summed E-state index contributed by atoms with van der Waals surface area (Å²) in [6.07, 6.45) is 4.80. The molecule has 0 radical (unpaired) electrons. The molecule has 0 bridgehead atoms. The molecule has 1 aliphatic heterocycles. The molecule has 1 fully saturated rings. The Labute approximate surface area is 163 Å². The van der Waals surface area contributed by atoms with Gasteiger partial charge in [-0.25, -0.2) is 9.97 Å². The highest BCUT2D eigenvalue weighted by Gasteiger charge is 2.22. The fraction of sp³-hybridized carbons (Fsp3) is 0.286. The molecule has 1 saturated heterocycles. The monoisotopic (exact) mass is 377 g/mol. The first-order chi connectivity index (χ1) is 13.7. The molecule has 0 spiro atoms. The van der Waals surface area contributed by atoms with Crippen LogP contribution in [0.1, 0.15) is 28.9 Å². The molecule has 3 N–H and O–H groups in total. The van der Waals surface area contributed by atoms with Gasteiger partial charge in [-0.2, -0.15) is 0 Å². The van der Waals surface area contributed by atoms with E-state index in [1.54, 1.807) is 18.3 Å². The van der Waals surface area contributed by atoms with E-state index >= 15 is 0 Å². The number of aromatic nitrogens is 2. The number of nitrogen functional groups attached to an aromatic ring is 1. The molecule has 3 heterocycles. The summed E-state index contributed by atoms with van der Waals surface area (Å²) in [6.45, 7) is 2.87. The zero-order chi connectivity index (χ0) is 19.3. The molecule has 1 amide bonds. The summed E-state index contributed by atoms with van der Waals surface area (Å²) in [5.74, 6) is 0.571. The number of nitrogens with two attached hydrogens (primary N) is 1. The van der Waals surface area contributed by atoms with Gasteiger partial charge in [0.1, 0.15) is 12.1 Å². The Morgan fingerprint density at radius 1 is 1.18 bits per heavy atom. The summed E-state index contributed by atoms with van der Waals surface area (Å²) < 4.78 is 5.42. The molecular formula is C21H23N5O2. The molecule has 144 valence electrons. The first kappa shape index (κ1) is 18.2. The Hall–Kier alpha value is -3.19. The molecule has 4 rings (SSSR count). The van der Waals surface area contributed by atoms with Crippen molar-refractivity contribution in [3.05, 3.63) is 66.2 Å². The SMILES string of the molecule is Nc1ccc(-c2nc(C(=O)NC3CCN(Cc4ccccc4)CC3)co2)cn1. The molecule has 7 nitrogen and oxygen atoms in total. The Morgan fingerprint density at radius 3 is 2.68 bits per heavy atom. The van der Waals surface area contributed by atoms with E-state index in [0.717, 1.165) is 32.5 Å². The number of oxazole rings is 1. The van der Waals surface area contributed by atoms with Crippen LogP contribution in [0, 0.1) is 0 Å². The van der Waals surface area contributed by atoms with Crippen LogP contribution in [-0.4, -0.2) is 39.9 Å². The number of nitrogens with one attached hydrogen (secondary N) is 1. The maximum atomic E-state index is 12.5. The number of likely N-dealkylation sites (tertiary alicyclic amines) is 1. The molecule has 0 atom stereocenters. The number of amides is 1. The first-order valence-electron chi connectivity index (χ1n) is 9.42. The van der Waals surface area contributed by atoms with Crippen molar-refractivity contribution in [1.82, 2.24) is 20.2 Å². The molecule has 0 aliphatic carbocycles. The molecule has 2 aromatic heterocycles. The summed E-state index contributed by atoms with van der Waals surface area (Å²) in [6, 6.07) is 14.0. The van der Waals surface area contributed by atoms with Crippen molar-refractivity contribution in [3.8, 4) is 11.5 Å². The third-order valence-electron chi connectivity index (χ3n) is 4.94. The summed E-state index contributed by atoms with van der Waals surface area (Å²) in [5, 5.41) is 3.07. The van der Waals surface area contributed by atoms with Crippen molar-refractivity contribution in [2.45, 2.75) is 25.4 Å². The van der Waals surface area contributed by atoms with Crippen molar-refractivity contribution >= 4 is 11.7 Å². The highest BCUT2D eigenvalue weighted by molar-refractivity contribution is 5.92. The Kier molecular flexibility index (Phi) is 5.34. The number of pyridine rings is 1. The maximum Gasteiger partial charge on any atom is 0.273 e. The van der Waals surface area contributed by atoms with Crippen molar-refractivity contribution in [3.63, 3.8) is 0 Å². The summed E-state index contributed by atoms with van der Waals surface area (Å²) in [7, 11) is 0. The van der Waals surface area contributed by atoms with E-state index < -0.39 is 0 Å². The molecule has 7 heteroatoms. The van der Waals surface area contributed by atoms with Gasteiger partial charge in [0.25, 0.3) is 5.91 Å². The molecular weight excluding hydrogens is 354 g/mol. The minimum Gasteiger partial charge on any atom is -0.444 e. The van der Waals surface area contributed by atoms with Gasteiger partial charge in [0, 0.05) is 31.9 Å². The van der Waals surface area contributed by atoms with Gasteiger partial charge < -0.3 is 15.5 Å². The van der Waals surface area contributed by atoms with E-state index in [4.69, 9.17) is 10.2 Å². The minimum absolute atomic E-state index is 0.151. The van der Waals surface area contributed by atoms with Crippen LogP contribution in [-0.2, 0) is 6.54 Å². The van der Waals surface area contributed by atoms with E-state index in [-0.39, 0.29) is 17.6 Å². The highest BCUT2D eigenvalue weighted by atomic mass is 16.3. The van der Waals surface area contributed by atoms with Gasteiger partial charge in [0.05, 0.1) is 5.56 Å².